The Hall–Kier alpha value is -2.14. The lowest BCUT2D eigenvalue weighted by Crippen LogP contribution is -2.25. The minimum Gasteiger partial charge on any atom is -0.326 e. The van der Waals surface area contributed by atoms with Gasteiger partial charge in [-0.3, -0.25) is 9.59 Å². The van der Waals surface area contributed by atoms with Crippen LogP contribution in [0.25, 0.3) is 0 Å². The number of carbonyl (C=O) groups is 1. The lowest BCUT2D eigenvalue weighted by Gasteiger charge is -2.07. The molecule has 2 rings (SSSR count). The summed E-state index contributed by atoms with van der Waals surface area (Å²) in [5.74, 6) is -0.470. The Morgan fingerprint density at radius 2 is 2.11 bits per heavy atom. The van der Waals surface area contributed by atoms with Gasteiger partial charge in [-0.15, -0.1) is 0 Å². The van der Waals surface area contributed by atoms with Crippen molar-refractivity contribution in [1.29, 1.82) is 0 Å². The predicted molar refractivity (Wildman–Crippen MR) is 73.7 cm³/mol. The fraction of sp³-hybridized carbons (Fsp3) is 0.154. The first-order chi connectivity index (χ1) is 8.97. The molecule has 0 radical (unpaired) electrons. The number of aromatic amines is 1. The number of halogens is 1. The molecule has 0 atom stereocenters. The lowest BCUT2D eigenvalue weighted by molar-refractivity contribution is 0.102. The van der Waals surface area contributed by atoms with Crippen LogP contribution in [0.15, 0.2) is 29.2 Å². The van der Waals surface area contributed by atoms with Crippen molar-refractivity contribution < 1.29 is 4.79 Å². The van der Waals surface area contributed by atoms with E-state index in [2.05, 4.69) is 15.3 Å². The average Bonchev–Trinajstić information content (AvgIpc) is 2.30. The summed E-state index contributed by atoms with van der Waals surface area (Å²) in [5.41, 5.74) is 1.51. The van der Waals surface area contributed by atoms with Crippen molar-refractivity contribution in [3.05, 3.63) is 56.7 Å². The molecule has 2 N–H and O–H groups in total. The molecule has 0 aliphatic carbocycles. The molecule has 0 saturated carbocycles. The van der Waals surface area contributed by atoms with Gasteiger partial charge >= 0.3 is 0 Å². The van der Waals surface area contributed by atoms with Gasteiger partial charge in [0.15, 0.2) is 0 Å². The van der Waals surface area contributed by atoms with Gasteiger partial charge in [0.1, 0.15) is 10.7 Å². The summed E-state index contributed by atoms with van der Waals surface area (Å²) in [7, 11) is 0. The summed E-state index contributed by atoms with van der Waals surface area (Å²) in [6.45, 7) is 3.48. The van der Waals surface area contributed by atoms with Gasteiger partial charge in [-0.25, -0.2) is 4.98 Å². The monoisotopic (exact) mass is 277 g/mol. The average molecular weight is 278 g/mol. The van der Waals surface area contributed by atoms with Crippen LogP contribution in [0.4, 0.5) is 5.69 Å². The number of nitrogens with zero attached hydrogens (tertiary/aromatic N) is 1. The molecular weight excluding hydrogens is 266 g/mol. The van der Waals surface area contributed by atoms with E-state index >= 15 is 0 Å². The number of hydrogen-bond donors (Lipinski definition) is 2. The first-order valence-electron chi connectivity index (χ1n) is 5.61. The minimum atomic E-state index is -0.470. The normalized spacial score (nSPS) is 10.3. The number of aromatic nitrogens is 2. The standard InChI is InChI=1S/C13H12ClN3O2/c1-7-5-8(2)16-12(18)11(7)13(19)17-9-3-4-10(14)15-6-9/h3-6H,1-2H3,(H,16,18)(H,17,19). The topological polar surface area (TPSA) is 74.8 Å². The van der Waals surface area contributed by atoms with Crippen LogP contribution >= 0.6 is 11.6 Å². The zero-order valence-electron chi connectivity index (χ0n) is 10.5. The van der Waals surface area contributed by atoms with Gasteiger partial charge in [0, 0.05) is 5.69 Å². The lowest BCUT2D eigenvalue weighted by atomic mass is 10.1. The van der Waals surface area contributed by atoms with Crippen molar-refractivity contribution in [3.8, 4) is 0 Å². The highest BCUT2D eigenvalue weighted by Gasteiger charge is 2.14. The van der Waals surface area contributed by atoms with Crippen LogP contribution in [0.2, 0.25) is 5.15 Å². The van der Waals surface area contributed by atoms with Crippen molar-refractivity contribution in [2.75, 3.05) is 5.32 Å². The predicted octanol–water partition coefficient (Wildman–Crippen LogP) is 2.29. The molecule has 5 nitrogen and oxygen atoms in total. The number of hydrogen-bond acceptors (Lipinski definition) is 3. The summed E-state index contributed by atoms with van der Waals surface area (Å²) >= 11 is 5.65. The van der Waals surface area contributed by atoms with E-state index in [0.717, 1.165) is 0 Å². The van der Waals surface area contributed by atoms with Crippen LogP contribution in [0.5, 0.6) is 0 Å². The van der Waals surface area contributed by atoms with Crippen molar-refractivity contribution in [2.45, 2.75) is 13.8 Å². The van der Waals surface area contributed by atoms with Crippen LogP contribution in [-0.2, 0) is 0 Å². The maximum atomic E-state index is 12.1. The third kappa shape index (κ3) is 3.00. The van der Waals surface area contributed by atoms with Gasteiger partial charge in [0.2, 0.25) is 0 Å². The van der Waals surface area contributed by atoms with Crippen LogP contribution in [0.1, 0.15) is 21.6 Å². The number of H-pyrrole nitrogens is 1. The van der Waals surface area contributed by atoms with Gasteiger partial charge in [-0.05, 0) is 37.6 Å². The summed E-state index contributed by atoms with van der Waals surface area (Å²) in [5, 5.41) is 2.94. The Labute approximate surface area is 114 Å². The first kappa shape index (κ1) is 13.3. The minimum absolute atomic E-state index is 0.0977. The summed E-state index contributed by atoms with van der Waals surface area (Å²) in [6.07, 6.45) is 1.43. The number of nitrogens with one attached hydrogen (secondary N) is 2. The molecule has 0 aliphatic heterocycles. The summed E-state index contributed by atoms with van der Waals surface area (Å²) < 4.78 is 0. The molecule has 0 saturated heterocycles. The number of pyridine rings is 2. The van der Waals surface area contributed by atoms with Crippen LogP contribution in [-0.4, -0.2) is 15.9 Å². The number of carbonyl (C=O) groups excluding carboxylic acids is 1. The van der Waals surface area contributed by atoms with Crippen LogP contribution in [0.3, 0.4) is 0 Å². The van der Waals surface area contributed by atoms with E-state index in [0.29, 0.717) is 22.1 Å². The molecule has 19 heavy (non-hydrogen) atoms. The van der Waals surface area contributed by atoms with Gasteiger partial charge in [0.25, 0.3) is 11.5 Å². The summed E-state index contributed by atoms with van der Waals surface area (Å²) in [4.78, 5) is 30.3. The van der Waals surface area contributed by atoms with Gasteiger partial charge in [-0.1, -0.05) is 11.6 Å². The SMILES string of the molecule is Cc1cc(C)c(C(=O)Nc2ccc(Cl)nc2)c(=O)[nH]1. The van der Waals surface area contributed by atoms with E-state index in [-0.39, 0.29) is 5.56 Å². The highest BCUT2D eigenvalue weighted by atomic mass is 35.5. The molecular formula is C13H12ClN3O2. The third-order valence-corrected chi connectivity index (χ3v) is 2.80. The van der Waals surface area contributed by atoms with Crippen molar-refractivity contribution >= 4 is 23.2 Å². The Morgan fingerprint density at radius 1 is 1.37 bits per heavy atom. The fourth-order valence-electron chi connectivity index (χ4n) is 1.78. The Kier molecular flexibility index (Phi) is 3.66. The smallest absolute Gasteiger partial charge is 0.261 e. The van der Waals surface area contributed by atoms with E-state index in [1.165, 1.54) is 6.20 Å². The molecule has 98 valence electrons. The number of rotatable bonds is 2. The molecule has 1 amide bonds. The number of anilines is 1. The Balaban J connectivity index is 2.30. The van der Waals surface area contributed by atoms with E-state index in [9.17, 15) is 9.59 Å². The maximum Gasteiger partial charge on any atom is 0.261 e. The van der Waals surface area contributed by atoms with Crippen LogP contribution < -0.4 is 10.9 Å². The highest BCUT2D eigenvalue weighted by Crippen LogP contribution is 2.12. The molecule has 0 fully saturated rings. The molecule has 0 bridgehead atoms. The molecule has 0 aromatic carbocycles. The van der Waals surface area contributed by atoms with Crippen LogP contribution in [0, 0.1) is 13.8 Å². The zero-order chi connectivity index (χ0) is 14.0. The second-order valence-corrected chi connectivity index (χ2v) is 4.55. The van der Waals surface area contributed by atoms with Gasteiger partial charge in [0.05, 0.1) is 11.9 Å². The Bertz CT molecular complexity index is 677. The second-order valence-electron chi connectivity index (χ2n) is 4.16. The van der Waals surface area contributed by atoms with Gasteiger partial charge < -0.3 is 10.3 Å². The summed E-state index contributed by atoms with van der Waals surface area (Å²) in [6, 6.07) is 4.92. The largest absolute Gasteiger partial charge is 0.326 e. The molecule has 6 heteroatoms. The van der Waals surface area contributed by atoms with Crippen molar-refractivity contribution in [3.63, 3.8) is 0 Å². The molecule has 0 unspecified atom stereocenters. The highest BCUT2D eigenvalue weighted by molar-refractivity contribution is 6.29. The second kappa shape index (κ2) is 5.24. The quantitative estimate of drug-likeness (QED) is 0.827. The third-order valence-electron chi connectivity index (χ3n) is 2.58. The molecule has 2 aromatic heterocycles. The molecule has 2 aromatic rings. The molecule has 0 aliphatic rings. The Morgan fingerprint density at radius 3 is 2.68 bits per heavy atom. The number of amides is 1. The first-order valence-corrected chi connectivity index (χ1v) is 5.98. The molecule has 2 heterocycles. The fourth-order valence-corrected chi connectivity index (χ4v) is 1.89. The van der Waals surface area contributed by atoms with E-state index in [1.807, 2.05) is 0 Å². The van der Waals surface area contributed by atoms with E-state index < -0.39 is 11.5 Å². The van der Waals surface area contributed by atoms with Crippen molar-refractivity contribution in [1.82, 2.24) is 9.97 Å². The number of aryl methyl sites for hydroxylation is 2. The maximum absolute atomic E-state index is 12.1. The zero-order valence-corrected chi connectivity index (χ0v) is 11.2. The van der Waals surface area contributed by atoms with Crippen molar-refractivity contribution in [2.24, 2.45) is 0 Å². The van der Waals surface area contributed by atoms with E-state index in [4.69, 9.17) is 11.6 Å². The van der Waals surface area contributed by atoms with E-state index in [1.54, 1.807) is 32.0 Å². The molecule has 0 spiro atoms. The van der Waals surface area contributed by atoms with Gasteiger partial charge in [-0.2, -0.15) is 0 Å².